The molecule has 1 aromatic heterocycles. The fourth-order valence-corrected chi connectivity index (χ4v) is 10.6. The molecule has 29 heteroatoms. The number of hydrogen-bond acceptors (Lipinski definition) is 22. The summed E-state index contributed by atoms with van der Waals surface area (Å²) in [5.74, 6) is 0.198. The lowest BCUT2D eigenvalue weighted by atomic mass is 10.1. The molecule has 0 aliphatic heterocycles. The molecule has 1 heterocycles. The molecular formula is C47H37N9O16S4. The molecular weight excluding hydrogens is 1070 g/mol. The second-order valence-corrected chi connectivity index (χ2v) is 21.3. The van der Waals surface area contributed by atoms with Crippen LogP contribution in [0.3, 0.4) is 0 Å². The number of fused-ring (bicyclic) bond motifs is 5. The van der Waals surface area contributed by atoms with E-state index < -0.39 is 45.9 Å². The highest BCUT2D eigenvalue weighted by Gasteiger charge is 2.24. The minimum atomic E-state index is -4.97. The molecule has 9 rings (SSSR count). The average molecular weight is 1110 g/mol. The molecule has 76 heavy (non-hydrogen) atoms. The molecule has 5 N–H and O–H groups in total. The normalized spacial score (nSPS) is 12.6. The molecule has 0 saturated heterocycles. The van der Waals surface area contributed by atoms with Crippen molar-refractivity contribution in [3.8, 4) is 28.7 Å². The van der Waals surface area contributed by atoms with Crippen LogP contribution in [0.4, 0.5) is 34.1 Å². The third kappa shape index (κ3) is 10.6. The number of phenolic OH excluding ortho intramolecular Hbond substituents is 1. The summed E-state index contributed by atoms with van der Waals surface area (Å²) in [6.07, 6.45) is 0. The Morgan fingerprint density at radius 1 is 0.553 bits per heavy atom. The van der Waals surface area contributed by atoms with Crippen molar-refractivity contribution >= 4 is 120 Å². The van der Waals surface area contributed by atoms with Gasteiger partial charge in [-0.15, -0.1) is 35.0 Å². The number of benzene rings is 8. The fourth-order valence-electron chi connectivity index (χ4n) is 7.99. The van der Waals surface area contributed by atoms with Gasteiger partial charge in [-0.25, -0.2) is 5.26 Å². The molecule has 0 amide bonds. The van der Waals surface area contributed by atoms with Crippen LogP contribution in [-0.4, -0.2) is 85.6 Å². The lowest BCUT2D eigenvalue weighted by Gasteiger charge is -2.11. The van der Waals surface area contributed by atoms with Gasteiger partial charge in [0.25, 0.3) is 30.4 Å². The SMILES string of the molecule is COc1cc(N=Nc2ccc3cc(C)cc(S(=O)(=O)O)c3c2)c(C)cc1N=Nc1cc(OC)c(N=Nc2c(SOOO)cc3cc(-n4nc5ccc6c(S(=O)(=O)O)cc(S(=O)(=O)O)cc6c5n4)ccc3c2O)cc1OC. The minimum Gasteiger partial charge on any atom is -0.505 e. The van der Waals surface area contributed by atoms with Crippen molar-refractivity contribution in [2.45, 2.75) is 33.4 Å². The topological polar surface area (TPSA) is 355 Å². The van der Waals surface area contributed by atoms with Crippen LogP contribution in [0.25, 0.3) is 49.0 Å². The molecule has 0 atom stereocenters. The zero-order valence-electron chi connectivity index (χ0n) is 39.7. The number of azo groups is 3. The number of rotatable bonds is 16. The number of methoxy groups -OCH3 is 3. The molecule has 390 valence electrons. The lowest BCUT2D eigenvalue weighted by Crippen LogP contribution is -2.04. The van der Waals surface area contributed by atoms with Gasteiger partial charge in [0.1, 0.15) is 60.8 Å². The average Bonchev–Trinajstić information content (AvgIpc) is 3.85. The zero-order valence-corrected chi connectivity index (χ0v) is 43.0. The van der Waals surface area contributed by atoms with E-state index >= 15 is 0 Å². The second-order valence-electron chi connectivity index (χ2n) is 16.3. The molecule has 0 spiro atoms. The minimum absolute atomic E-state index is 0.0138. The number of aryl methyl sites for hydroxylation is 2. The predicted molar refractivity (Wildman–Crippen MR) is 274 cm³/mol. The second kappa shape index (κ2) is 20.6. The standard InChI is InChI=1S/C47H37N9O16S4/c1-23-12-25-6-7-27(17-32(25)43(13-23)75(62,63)64)48-49-35-20-39(68-3)36(14-24(35)2)50-51-37-21-41(70-5)38(22-40(37)69-4)52-53-46-42(73-72-71-58)16-26-15-28(8-9-30(26)47(46)57)56-54-34-11-10-31-33(45(34)55-56)18-29(74(59,60)61)19-44(31)76(65,66)67/h6-22,57-58H,1-5H3,(H,59,60,61)(H,62,63,64)(H,65,66,67). The van der Waals surface area contributed by atoms with E-state index in [1.54, 1.807) is 50.2 Å². The highest BCUT2D eigenvalue weighted by molar-refractivity contribution is 7.94. The van der Waals surface area contributed by atoms with E-state index in [0.29, 0.717) is 62.8 Å². The number of aromatic nitrogens is 3. The van der Waals surface area contributed by atoms with Crippen LogP contribution >= 0.6 is 12.0 Å². The summed E-state index contributed by atoms with van der Waals surface area (Å²) in [5, 5.41) is 60.9. The summed E-state index contributed by atoms with van der Waals surface area (Å²) < 4.78 is 124. The first-order valence-corrected chi connectivity index (χ1v) is 26.6. The van der Waals surface area contributed by atoms with Gasteiger partial charge in [0.15, 0.2) is 5.75 Å². The smallest absolute Gasteiger partial charge is 0.295 e. The van der Waals surface area contributed by atoms with Gasteiger partial charge in [0, 0.05) is 39.7 Å². The van der Waals surface area contributed by atoms with E-state index in [-0.39, 0.29) is 76.7 Å². The number of phenols is 1. The number of aromatic hydroxyl groups is 1. The van der Waals surface area contributed by atoms with E-state index in [4.69, 9.17) is 23.8 Å². The van der Waals surface area contributed by atoms with Gasteiger partial charge in [0.2, 0.25) is 0 Å². The van der Waals surface area contributed by atoms with Crippen molar-refractivity contribution in [3.05, 3.63) is 114 Å². The molecule has 25 nitrogen and oxygen atoms in total. The number of nitrogens with zero attached hydrogens (tertiary/aromatic N) is 9. The Morgan fingerprint density at radius 3 is 1.79 bits per heavy atom. The van der Waals surface area contributed by atoms with Gasteiger partial charge >= 0.3 is 0 Å². The Hall–Kier alpha value is -8.10. The summed E-state index contributed by atoms with van der Waals surface area (Å²) in [5.41, 5.74) is 2.96. The van der Waals surface area contributed by atoms with E-state index in [1.165, 1.54) is 75.9 Å². The monoisotopic (exact) mass is 1110 g/mol. The van der Waals surface area contributed by atoms with Crippen LogP contribution in [0.5, 0.6) is 23.0 Å². The maximum atomic E-state index is 12.3. The molecule has 8 aromatic carbocycles. The molecule has 0 fully saturated rings. The predicted octanol–water partition coefficient (Wildman–Crippen LogP) is 11.6. The van der Waals surface area contributed by atoms with Crippen LogP contribution in [0, 0.1) is 13.8 Å². The van der Waals surface area contributed by atoms with Crippen molar-refractivity contribution in [1.29, 1.82) is 0 Å². The van der Waals surface area contributed by atoms with Crippen molar-refractivity contribution < 1.29 is 72.9 Å². The van der Waals surface area contributed by atoms with Gasteiger partial charge in [-0.2, -0.15) is 40.3 Å². The summed E-state index contributed by atoms with van der Waals surface area (Å²) in [6, 6.07) is 24.6. The molecule has 0 bridgehead atoms. The van der Waals surface area contributed by atoms with Crippen LogP contribution < -0.4 is 14.2 Å². The van der Waals surface area contributed by atoms with E-state index in [0.717, 1.165) is 10.9 Å². The van der Waals surface area contributed by atoms with E-state index in [1.807, 2.05) is 0 Å². The van der Waals surface area contributed by atoms with Crippen LogP contribution in [-0.2, 0) is 39.7 Å². The first-order valence-electron chi connectivity index (χ1n) is 21.5. The largest absolute Gasteiger partial charge is 0.505 e. The Morgan fingerprint density at radius 2 is 1.16 bits per heavy atom. The number of ether oxygens (including phenoxy) is 3. The summed E-state index contributed by atoms with van der Waals surface area (Å²) in [7, 11) is -10.2. The third-order valence-corrected chi connectivity index (χ3v) is 14.7. The molecule has 0 unspecified atom stereocenters. The van der Waals surface area contributed by atoms with Crippen LogP contribution in [0.15, 0.2) is 153 Å². The van der Waals surface area contributed by atoms with Crippen molar-refractivity contribution in [3.63, 3.8) is 0 Å². The van der Waals surface area contributed by atoms with Gasteiger partial charge in [-0.05, 0) is 102 Å². The Labute approximate surface area is 434 Å². The number of hydrogen-bond donors (Lipinski definition) is 5. The maximum absolute atomic E-state index is 12.3. The van der Waals surface area contributed by atoms with E-state index in [2.05, 4.69) is 45.9 Å². The zero-order chi connectivity index (χ0) is 54.4. The molecule has 0 aliphatic carbocycles. The van der Waals surface area contributed by atoms with Crippen LogP contribution in [0.1, 0.15) is 11.1 Å². The summed E-state index contributed by atoms with van der Waals surface area (Å²) >= 11 is 0.464. The maximum Gasteiger partial charge on any atom is 0.295 e. The molecule has 0 radical (unpaired) electrons. The first kappa shape index (κ1) is 52.8. The summed E-state index contributed by atoms with van der Waals surface area (Å²) in [4.78, 5) is -0.608. The van der Waals surface area contributed by atoms with Crippen molar-refractivity contribution in [2.24, 2.45) is 30.7 Å². The lowest BCUT2D eigenvalue weighted by molar-refractivity contribution is -0.432. The van der Waals surface area contributed by atoms with Crippen LogP contribution in [0.2, 0.25) is 0 Å². The van der Waals surface area contributed by atoms with Gasteiger partial charge < -0.3 is 19.3 Å². The Balaban J connectivity index is 1.01. The first-order chi connectivity index (χ1) is 36.1. The molecule has 0 aliphatic rings. The Bertz CT molecular complexity index is 4330. The highest BCUT2D eigenvalue weighted by Crippen LogP contribution is 2.47. The quantitative estimate of drug-likeness (QED) is 0.0197. The fraction of sp³-hybridized carbons (Fsp3) is 0.106. The van der Waals surface area contributed by atoms with Gasteiger partial charge in [-0.3, -0.25) is 13.7 Å². The third-order valence-electron chi connectivity index (χ3n) is 11.5. The van der Waals surface area contributed by atoms with Gasteiger partial charge in [-0.1, -0.05) is 23.2 Å². The van der Waals surface area contributed by atoms with Gasteiger partial charge in [0.05, 0.1) is 60.2 Å². The van der Waals surface area contributed by atoms with E-state index in [9.17, 15) is 44.0 Å². The molecule has 9 aromatic rings. The molecule has 0 saturated carbocycles. The van der Waals surface area contributed by atoms with Crippen molar-refractivity contribution in [1.82, 2.24) is 15.0 Å². The Kier molecular flexibility index (Phi) is 14.3. The van der Waals surface area contributed by atoms with Crippen molar-refractivity contribution in [2.75, 3.05) is 21.3 Å². The summed E-state index contributed by atoms with van der Waals surface area (Å²) in [6.45, 7) is 3.48. The highest BCUT2D eigenvalue weighted by atomic mass is 32.2.